The third-order valence-electron chi connectivity index (χ3n) is 3.60. The number of pyridine rings is 1. The Morgan fingerprint density at radius 3 is 2.65 bits per heavy atom. The highest BCUT2D eigenvalue weighted by molar-refractivity contribution is 7.13. The molecule has 2 heterocycles. The van der Waals surface area contributed by atoms with E-state index in [1.165, 1.54) is 17.4 Å². The summed E-state index contributed by atoms with van der Waals surface area (Å²) < 4.78 is 37.4. The molecule has 0 unspecified atom stereocenters. The number of hydrogen-bond acceptors (Lipinski definition) is 5. The largest absolute Gasteiger partial charge is 0.417 e. The first-order valence-corrected chi connectivity index (χ1v) is 9.14. The van der Waals surface area contributed by atoms with Crippen molar-refractivity contribution in [2.45, 2.75) is 39.3 Å². The molecule has 9 heteroatoms. The fourth-order valence-corrected chi connectivity index (χ4v) is 3.23. The molecule has 0 atom stereocenters. The van der Waals surface area contributed by atoms with E-state index in [1.807, 2.05) is 6.92 Å². The van der Waals surface area contributed by atoms with Crippen LogP contribution in [0.25, 0.3) is 0 Å². The van der Waals surface area contributed by atoms with Gasteiger partial charge in [-0.05, 0) is 31.9 Å². The second kappa shape index (κ2) is 8.98. The van der Waals surface area contributed by atoms with Gasteiger partial charge in [0.2, 0.25) is 0 Å². The van der Waals surface area contributed by atoms with Crippen molar-refractivity contribution in [1.82, 2.24) is 15.3 Å². The minimum Gasteiger partial charge on any atom is -0.368 e. The van der Waals surface area contributed by atoms with E-state index in [1.54, 1.807) is 0 Å². The predicted octanol–water partition coefficient (Wildman–Crippen LogP) is 4.05. The number of nitrogens with zero attached hydrogens (tertiary/aromatic N) is 2. The van der Waals surface area contributed by atoms with Gasteiger partial charge in [0.15, 0.2) is 0 Å². The van der Waals surface area contributed by atoms with Gasteiger partial charge in [-0.3, -0.25) is 4.79 Å². The number of aryl methyl sites for hydroxylation is 2. The molecule has 142 valence electrons. The van der Waals surface area contributed by atoms with Gasteiger partial charge in [0.1, 0.15) is 10.7 Å². The lowest BCUT2D eigenvalue weighted by atomic mass is 10.3. The lowest BCUT2D eigenvalue weighted by Crippen LogP contribution is -2.28. The molecule has 0 saturated carbocycles. The van der Waals surface area contributed by atoms with E-state index in [4.69, 9.17) is 0 Å². The number of halogens is 3. The topological polar surface area (TPSA) is 66.9 Å². The number of anilines is 1. The van der Waals surface area contributed by atoms with E-state index in [0.717, 1.165) is 42.2 Å². The van der Waals surface area contributed by atoms with Crippen LogP contribution < -0.4 is 10.6 Å². The van der Waals surface area contributed by atoms with Gasteiger partial charge in [0.05, 0.1) is 16.3 Å². The van der Waals surface area contributed by atoms with Crippen LogP contribution in [0.15, 0.2) is 18.3 Å². The summed E-state index contributed by atoms with van der Waals surface area (Å²) in [6, 6.07) is 2.23. The van der Waals surface area contributed by atoms with Gasteiger partial charge in [-0.15, -0.1) is 11.3 Å². The summed E-state index contributed by atoms with van der Waals surface area (Å²) in [5, 5.41) is 6.61. The highest BCUT2D eigenvalue weighted by atomic mass is 32.1. The molecule has 1 amide bonds. The summed E-state index contributed by atoms with van der Waals surface area (Å²) in [7, 11) is 0. The predicted molar refractivity (Wildman–Crippen MR) is 95.5 cm³/mol. The minimum absolute atomic E-state index is 0.190. The Morgan fingerprint density at radius 2 is 2.04 bits per heavy atom. The number of hydrogen-bond donors (Lipinski definition) is 2. The van der Waals surface area contributed by atoms with E-state index in [-0.39, 0.29) is 5.91 Å². The molecule has 0 aliphatic carbocycles. The Balaban J connectivity index is 1.79. The average molecular weight is 386 g/mol. The number of amides is 1. The van der Waals surface area contributed by atoms with Crippen molar-refractivity contribution in [2.24, 2.45) is 0 Å². The zero-order valence-electron chi connectivity index (χ0n) is 14.6. The smallest absolute Gasteiger partial charge is 0.368 e. The molecule has 0 fully saturated rings. The Hall–Kier alpha value is -2.16. The van der Waals surface area contributed by atoms with E-state index in [0.29, 0.717) is 23.8 Å². The zero-order valence-corrected chi connectivity index (χ0v) is 15.4. The highest BCUT2D eigenvalue weighted by Gasteiger charge is 2.30. The Bertz CT molecular complexity index is 729. The van der Waals surface area contributed by atoms with Gasteiger partial charge in [0, 0.05) is 19.3 Å². The van der Waals surface area contributed by atoms with E-state index in [2.05, 4.69) is 27.5 Å². The summed E-state index contributed by atoms with van der Waals surface area (Å²) in [5.41, 5.74) is -0.0770. The number of thiazole rings is 1. The van der Waals surface area contributed by atoms with Gasteiger partial charge in [-0.2, -0.15) is 13.2 Å². The first-order chi connectivity index (χ1) is 12.3. The van der Waals surface area contributed by atoms with Gasteiger partial charge in [-0.1, -0.05) is 13.3 Å². The molecule has 5 nitrogen and oxygen atoms in total. The van der Waals surface area contributed by atoms with E-state index in [9.17, 15) is 18.0 Å². The quantitative estimate of drug-likeness (QED) is 0.672. The summed E-state index contributed by atoms with van der Waals surface area (Å²) in [5.74, 6) is 0.132. The third kappa shape index (κ3) is 5.69. The van der Waals surface area contributed by atoms with Crippen LogP contribution in [0, 0.1) is 6.92 Å². The maximum atomic E-state index is 12.5. The van der Waals surface area contributed by atoms with Gasteiger partial charge in [0.25, 0.3) is 5.91 Å². The van der Waals surface area contributed by atoms with Crippen LogP contribution >= 0.6 is 11.3 Å². The van der Waals surface area contributed by atoms with Crippen molar-refractivity contribution in [2.75, 3.05) is 18.4 Å². The first kappa shape index (κ1) is 20.2. The molecule has 0 saturated heterocycles. The molecule has 0 spiro atoms. The van der Waals surface area contributed by atoms with Crippen molar-refractivity contribution in [1.29, 1.82) is 0 Å². The van der Waals surface area contributed by atoms with Gasteiger partial charge < -0.3 is 10.6 Å². The lowest BCUT2D eigenvalue weighted by molar-refractivity contribution is -0.137. The van der Waals surface area contributed by atoms with Crippen molar-refractivity contribution >= 4 is 23.1 Å². The zero-order chi connectivity index (χ0) is 19.2. The summed E-state index contributed by atoms with van der Waals surface area (Å²) >= 11 is 1.40. The van der Waals surface area contributed by atoms with Crippen molar-refractivity contribution < 1.29 is 18.0 Å². The van der Waals surface area contributed by atoms with Gasteiger partial charge >= 0.3 is 6.18 Å². The summed E-state index contributed by atoms with van der Waals surface area (Å²) in [6.45, 7) is 4.59. The lowest BCUT2D eigenvalue weighted by Gasteiger charge is -2.09. The highest BCUT2D eigenvalue weighted by Crippen LogP contribution is 2.28. The monoisotopic (exact) mass is 386 g/mol. The minimum atomic E-state index is -4.40. The number of alkyl halides is 3. The molecule has 0 aliphatic heterocycles. The molecule has 2 rings (SSSR count). The number of nitrogens with one attached hydrogen (secondary N) is 2. The Morgan fingerprint density at radius 1 is 1.27 bits per heavy atom. The molecular weight excluding hydrogens is 365 g/mol. The molecule has 26 heavy (non-hydrogen) atoms. The van der Waals surface area contributed by atoms with Gasteiger partial charge in [-0.25, -0.2) is 9.97 Å². The molecule has 2 N–H and O–H groups in total. The number of unbranched alkanes of at least 4 members (excludes halogenated alkanes) is 1. The van der Waals surface area contributed by atoms with Crippen LogP contribution in [0.1, 0.15) is 45.7 Å². The number of rotatable bonds is 8. The fraction of sp³-hybridized carbons (Fsp3) is 0.471. The Kier molecular flexibility index (Phi) is 6.96. The molecule has 2 aromatic rings. The van der Waals surface area contributed by atoms with Crippen molar-refractivity contribution in [3.63, 3.8) is 0 Å². The maximum Gasteiger partial charge on any atom is 0.417 e. The second-order valence-electron chi connectivity index (χ2n) is 5.74. The van der Waals surface area contributed by atoms with Crippen LogP contribution in [-0.4, -0.2) is 29.0 Å². The third-order valence-corrected chi connectivity index (χ3v) is 4.81. The second-order valence-corrected chi connectivity index (χ2v) is 6.82. The molecule has 0 aromatic carbocycles. The molecule has 0 aliphatic rings. The molecular formula is C17H21F3N4OS. The van der Waals surface area contributed by atoms with Crippen molar-refractivity contribution in [3.8, 4) is 0 Å². The maximum absolute atomic E-state index is 12.5. The molecule has 2 aromatic heterocycles. The van der Waals surface area contributed by atoms with Crippen LogP contribution in [0.4, 0.5) is 19.0 Å². The fourth-order valence-electron chi connectivity index (χ4n) is 2.21. The van der Waals surface area contributed by atoms with E-state index < -0.39 is 11.7 Å². The standard InChI is InChI=1S/C17H21F3N4OS/c1-3-4-5-14-24-11(2)15(26-14)16(25)22-9-8-21-13-7-6-12(10-23-13)17(18,19)20/h6-7,10H,3-5,8-9H2,1-2H3,(H,21,23)(H,22,25). The van der Waals surface area contributed by atoms with Crippen LogP contribution in [-0.2, 0) is 12.6 Å². The first-order valence-electron chi connectivity index (χ1n) is 8.33. The summed E-state index contributed by atoms with van der Waals surface area (Å²) in [6.07, 6.45) is -0.639. The molecule has 0 radical (unpaired) electrons. The summed E-state index contributed by atoms with van der Waals surface area (Å²) in [4.78, 5) is 20.9. The average Bonchev–Trinajstić information content (AvgIpc) is 2.97. The van der Waals surface area contributed by atoms with Crippen molar-refractivity contribution in [3.05, 3.63) is 39.5 Å². The normalized spacial score (nSPS) is 11.4. The number of aromatic nitrogens is 2. The molecule has 0 bridgehead atoms. The number of carbonyl (C=O) groups excluding carboxylic acids is 1. The van der Waals surface area contributed by atoms with Crippen LogP contribution in [0.3, 0.4) is 0 Å². The van der Waals surface area contributed by atoms with E-state index >= 15 is 0 Å². The van der Waals surface area contributed by atoms with Crippen LogP contribution in [0.2, 0.25) is 0 Å². The SMILES string of the molecule is CCCCc1nc(C)c(C(=O)NCCNc2ccc(C(F)(F)F)cn2)s1. The number of carbonyl (C=O) groups is 1. The van der Waals surface area contributed by atoms with Crippen LogP contribution in [0.5, 0.6) is 0 Å². The Labute approximate surface area is 154 Å².